The Morgan fingerprint density at radius 1 is 1.16 bits per heavy atom. The highest BCUT2D eigenvalue weighted by molar-refractivity contribution is 7.09. The summed E-state index contributed by atoms with van der Waals surface area (Å²) in [6.45, 7) is -1.36. The molecule has 3 aromatic rings. The Kier molecular flexibility index (Phi) is 7.74. The zero-order valence-electron chi connectivity index (χ0n) is 19.3. The number of benzene rings is 2. The molecule has 1 aliphatic heterocycles. The lowest BCUT2D eigenvalue weighted by Gasteiger charge is -2.19. The van der Waals surface area contributed by atoms with Crippen molar-refractivity contribution >= 4 is 34.9 Å². The average Bonchev–Trinajstić information content (AvgIpc) is 3.47. The first-order valence-electron chi connectivity index (χ1n) is 11.1. The number of ether oxygens (including phenoxy) is 1. The summed E-state index contributed by atoms with van der Waals surface area (Å²) in [5.74, 6) is -4.07. The molecule has 9 nitrogen and oxygen atoms in total. The lowest BCUT2D eigenvalue weighted by atomic mass is 10.1. The molecule has 0 saturated carbocycles. The number of nitriles is 1. The van der Waals surface area contributed by atoms with Gasteiger partial charge in [0.1, 0.15) is 17.5 Å². The zero-order chi connectivity index (χ0) is 26.4. The van der Waals surface area contributed by atoms with Crippen molar-refractivity contribution in [1.82, 2.24) is 15.2 Å². The van der Waals surface area contributed by atoms with Gasteiger partial charge in [-0.15, -0.1) is 11.3 Å². The number of nitrogens with zero attached hydrogens (tertiary/aromatic N) is 3. The van der Waals surface area contributed by atoms with E-state index < -0.39 is 49.4 Å². The number of hydrogen-bond acceptors (Lipinski definition) is 7. The molecule has 1 fully saturated rings. The number of rotatable bonds is 7. The minimum absolute atomic E-state index is 0.0957. The molecule has 190 valence electrons. The molecule has 12 heteroatoms. The van der Waals surface area contributed by atoms with Gasteiger partial charge in [0.2, 0.25) is 5.91 Å². The third-order valence-corrected chi connectivity index (χ3v) is 6.28. The second-order valence-electron chi connectivity index (χ2n) is 8.24. The number of para-hydroxylation sites is 1. The van der Waals surface area contributed by atoms with Crippen LogP contribution < -0.4 is 15.4 Å². The lowest BCUT2D eigenvalue weighted by Crippen LogP contribution is -2.43. The Bertz CT molecular complexity index is 1320. The van der Waals surface area contributed by atoms with Gasteiger partial charge in [0.05, 0.1) is 24.2 Å². The van der Waals surface area contributed by atoms with Crippen LogP contribution in [0.25, 0.3) is 0 Å². The van der Waals surface area contributed by atoms with Crippen LogP contribution in [-0.2, 0) is 11.2 Å². The predicted octanol–water partition coefficient (Wildman–Crippen LogP) is 3.83. The zero-order valence-corrected chi connectivity index (χ0v) is 20.1. The van der Waals surface area contributed by atoms with Crippen LogP contribution in [0.4, 0.5) is 19.3 Å². The van der Waals surface area contributed by atoms with Crippen LogP contribution in [0.3, 0.4) is 0 Å². The maximum Gasteiger partial charge on any atom is 0.417 e. The number of carbonyl (C=O) groups excluding carboxylic acids is 3. The molecular formula is C25H21F2N5O4S. The van der Waals surface area contributed by atoms with Gasteiger partial charge in [-0.2, -0.15) is 5.26 Å². The van der Waals surface area contributed by atoms with E-state index in [4.69, 9.17) is 10.00 Å². The van der Waals surface area contributed by atoms with Crippen LogP contribution in [0, 0.1) is 11.3 Å². The van der Waals surface area contributed by atoms with Gasteiger partial charge in [0.25, 0.3) is 11.8 Å². The average molecular weight is 526 g/mol. The summed E-state index contributed by atoms with van der Waals surface area (Å²) in [6.07, 6.45) is -0.902. The quantitative estimate of drug-likeness (QED) is 0.483. The van der Waals surface area contributed by atoms with Crippen LogP contribution in [0.2, 0.25) is 0 Å². The summed E-state index contributed by atoms with van der Waals surface area (Å²) in [4.78, 5) is 41.7. The molecule has 1 atom stereocenters. The first-order valence-corrected chi connectivity index (χ1v) is 12.0. The van der Waals surface area contributed by atoms with Gasteiger partial charge in [0.15, 0.2) is 0 Å². The molecular weight excluding hydrogens is 504 g/mol. The number of halogens is 2. The van der Waals surface area contributed by atoms with Crippen LogP contribution in [-0.4, -0.2) is 52.8 Å². The number of carbonyl (C=O) groups is 3. The third kappa shape index (κ3) is 6.86. The van der Waals surface area contributed by atoms with Gasteiger partial charge in [-0.3, -0.25) is 14.9 Å². The minimum atomic E-state index is -3.12. The highest BCUT2D eigenvalue weighted by Gasteiger charge is 2.47. The van der Waals surface area contributed by atoms with E-state index in [1.807, 2.05) is 6.07 Å². The van der Waals surface area contributed by atoms with E-state index >= 15 is 0 Å². The minimum Gasteiger partial charge on any atom is -0.410 e. The lowest BCUT2D eigenvalue weighted by molar-refractivity contribution is -0.131. The third-order valence-electron chi connectivity index (χ3n) is 5.43. The summed E-state index contributed by atoms with van der Waals surface area (Å²) < 4.78 is 32.2. The Balaban J connectivity index is 1.26. The van der Waals surface area contributed by atoms with Gasteiger partial charge in [-0.05, 0) is 29.8 Å². The molecule has 2 heterocycles. The molecule has 1 aromatic heterocycles. The number of aromatic nitrogens is 1. The Morgan fingerprint density at radius 3 is 2.59 bits per heavy atom. The fourth-order valence-corrected chi connectivity index (χ4v) is 4.47. The summed E-state index contributed by atoms with van der Waals surface area (Å²) in [7, 11) is 0. The van der Waals surface area contributed by atoms with Crippen LogP contribution in [0.5, 0.6) is 5.75 Å². The van der Waals surface area contributed by atoms with Crippen molar-refractivity contribution in [2.75, 3.05) is 18.4 Å². The summed E-state index contributed by atoms with van der Waals surface area (Å²) in [5, 5.41) is 16.2. The molecule has 2 aromatic carbocycles. The van der Waals surface area contributed by atoms with Gasteiger partial charge in [-0.1, -0.05) is 30.3 Å². The van der Waals surface area contributed by atoms with E-state index in [9.17, 15) is 23.2 Å². The number of likely N-dealkylation sites (tertiary alicyclic amines) is 1. The fourth-order valence-electron chi connectivity index (χ4n) is 3.66. The largest absolute Gasteiger partial charge is 0.417 e. The monoisotopic (exact) mass is 525 g/mol. The second-order valence-corrected chi connectivity index (χ2v) is 9.18. The standard InChI is InChI=1S/C25H21F2N5O4S/c26-25(27)11-18(12-28)32(15-25)22(33)13-29-23(34)20-14-37-21(31-20)10-16-6-8-17(9-7-16)30-24(35)36-19-4-2-1-3-5-19/h1-9,14,18H,10-11,13,15H2,(H,29,34)(H,30,35)/t18-/m0/s1. The molecule has 4 rings (SSSR count). The number of amides is 3. The summed E-state index contributed by atoms with van der Waals surface area (Å²) in [5.41, 5.74) is 1.53. The van der Waals surface area contributed by atoms with Crippen molar-refractivity contribution < 1.29 is 27.9 Å². The molecule has 0 aliphatic carbocycles. The SMILES string of the molecule is N#C[C@@H]1CC(F)(F)CN1C(=O)CNC(=O)c1csc(Cc2ccc(NC(=O)Oc3ccccc3)cc2)n1. The summed E-state index contributed by atoms with van der Waals surface area (Å²) >= 11 is 1.25. The first kappa shape index (κ1) is 25.7. The van der Waals surface area contributed by atoms with E-state index in [-0.39, 0.29) is 5.69 Å². The molecule has 0 radical (unpaired) electrons. The van der Waals surface area contributed by atoms with E-state index in [1.165, 1.54) is 16.7 Å². The van der Waals surface area contributed by atoms with Gasteiger partial charge < -0.3 is 15.0 Å². The second kappa shape index (κ2) is 11.1. The maximum atomic E-state index is 13.5. The van der Waals surface area contributed by atoms with E-state index in [1.54, 1.807) is 54.6 Å². The molecule has 1 saturated heterocycles. The smallest absolute Gasteiger partial charge is 0.410 e. The first-order chi connectivity index (χ1) is 17.7. The van der Waals surface area contributed by atoms with Crippen LogP contribution >= 0.6 is 11.3 Å². The molecule has 0 unspecified atom stereocenters. The van der Waals surface area contributed by atoms with E-state index in [0.717, 1.165) is 10.5 Å². The molecule has 0 bridgehead atoms. The molecule has 2 N–H and O–H groups in total. The molecule has 37 heavy (non-hydrogen) atoms. The van der Waals surface area contributed by atoms with E-state index in [2.05, 4.69) is 15.6 Å². The van der Waals surface area contributed by atoms with Gasteiger partial charge >= 0.3 is 6.09 Å². The highest BCUT2D eigenvalue weighted by Crippen LogP contribution is 2.31. The highest BCUT2D eigenvalue weighted by atomic mass is 32.1. The molecule has 1 aliphatic rings. The normalized spacial score (nSPS) is 16.0. The predicted molar refractivity (Wildman–Crippen MR) is 130 cm³/mol. The topological polar surface area (TPSA) is 124 Å². The van der Waals surface area contributed by atoms with Crippen LogP contribution in [0.15, 0.2) is 60.0 Å². The number of nitrogens with one attached hydrogen (secondary N) is 2. The maximum absolute atomic E-state index is 13.5. The Labute approximate surface area is 214 Å². The van der Waals surface area contributed by atoms with Crippen molar-refractivity contribution in [1.29, 1.82) is 5.26 Å². The van der Waals surface area contributed by atoms with Crippen LogP contribution in [0.1, 0.15) is 27.5 Å². The number of hydrogen-bond donors (Lipinski definition) is 2. The van der Waals surface area contributed by atoms with E-state index in [0.29, 0.717) is 22.9 Å². The fraction of sp³-hybridized carbons (Fsp3) is 0.240. The Hall–Kier alpha value is -4.37. The molecule has 3 amide bonds. The van der Waals surface area contributed by atoms with Gasteiger partial charge in [0, 0.05) is 23.9 Å². The molecule has 0 spiro atoms. The number of anilines is 1. The van der Waals surface area contributed by atoms with Crippen molar-refractivity contribution in [2.24, 2.45) is 0 Å². The van der Waals surface area contributed by atoms with Crippen molar-refractivity contribution in [3.05, 3.63) is 76.2 Å². The van der Waals surface area contributed by atoms with Crippen molar-refractivity contribution in [3.8, 4) is 11.8 Å². The number of alkyl halides is 2. The van der Waals surface area contributed by atoms with Crippen molar-refractivity contribution in [2.45, 2.75) is 24.8 Å². The van der Waals surface area contributed by atoms with Crippen molar-refractivity contribution in [3.63, 3.8) is 0 Å². The Morgan fingerprint density at radius 2 is 1.89 bits per heavy atom. The summed E-state index contributed by atoms with van der Waals surface area (Å²) in [6, 6.07) is 16.2. The number of thiazole rings is 1. The van der Waals surface area contributed by atoms with Gasteiger partial charge in [-0.25, -0.2) is 18.6 Å².